The average Bonchev–Trinajstić information content (AvgIpc) is 2.02. The second-order valence-electron chi connectivity index (χ2n) is 4.89. The average molecular weight is 187 g/mol. The van der Waals surface area contributed by atoms with Gasteiger partial charge in [0, 0.05) is 6.04 Å². The highest BCUT2D eigenvalue weighted by Gasteiger charge is 2.18. The normalized spacial score (nSPS) is 17.1. The van der Waals surface area contributed by atoms with Gasteiger partial charge in [0.15, 0.2) is 0 Å². The topological polar surface area (TPSA) is 32.3 Å². The summed E-state index contributed by atoms with van der Waals surface area (Å²) < 4.78 is 0. The second-order valence-corrected chi connectivity index (χ2v) is 4.89. The number of nitrogens with one attached hydrogen (secondary N) is 1. The Bertz CT molecular complexity index is 129. The zero-order chi connectivity index (χ0) is 10.5. The van der Waals surface area contributed by atoms with Crippen LogP contribution in [0.2, 0.25) is 0 Å². The van der Waals surface area contributed by atoms with Crippen LogP contribution in [0.25, 0.3) is 0 Å². The van der Waals surface area contributed by atoms with E-state index in [2.05, 4.69) is 33.0 Å². The Morgan fingerprint density at radius 2 is 1.85 bits per heavy atom. The van der Waals surface area contributed by atoms with Gasteiger partial charge < -0.3 is 10.4 Å². The molecule has 0 rings (SSSR count). The predicted molar refractivity (Wildman–Crippen MR) is 57.8 cm³/mol. The zero-order valence-electron chi connectivity index (χ0n) is 9.72. The van der Waals surface area contributed by atoms with E-state index in [1.54, 1.807) is 0 Å². The Labute approximate surface area is 82.7 Å². The van der Waals surface area contributed by atoms with Crippen molar-refractivity contribution >= 4 is 0 Å². The lowest BCUT2D eigenvalue weighted by Crippen LogP contribution is -2.38. The van der Waals surface area contributed by atoms with Gasteiger partial charge in [0.1, 0.15) is 0 Å². The summed E-state index contributed by atoms with van der Waals surface area (Å²) in [5.74, 6) is 0. The summed E-state index contributed by atoms with van der Waals surface area (Å²) in [6.07, 6.45) is 1.57. The van der Waals surface area contributed by atoms with Gasteiger partial charge in [-0.05, 0) is 31.7 Å². The fraction of sp³-hybridized carbons (Fsp3) is 1.00. The van der Waals surface area contributed by atoms with Crippen molar-refractivity contribution < 1.29 is 5.11 Å². The quantitative estimate of drug-likeness (QED) is 0.691. The maximum absolute atomic E-state index is 9.33. The SMILES string of the molecule is CCC(O)CCNC(C)C(C)(C)C. The Hall–Kier alpha value is -0.0800. The summed E-state index contributed by atoms with van der Waals surface area (Å²) in [7, 11) is 0. The molecule has 0 aromatic rings. The van der Waals surface area contributed by atoms with Crippen LogP contribution in [-0.2, 0) is 0 Å². The van der Waals surface area contributed by atoms with Gasteiger partial charge in [-0.1, -0.05) is 27.7 Å². The van der Waals surface area contributed by atoms with E-state index in [0.29, 0.717) is 11.5 Å². The first-order valence-corrected chi connectivity index (χ1v) is 5.29. The van der Waals surface area contributed by atoms with Crippen LogP contribution in [0.5, 0.6) is 0 Å². The molecule has 0 aromatic heterocycles. The molecule has 0 spiro atoms. The third kappa shape index (κ3) is 6.05. The van der Waals surface area contributed by atoms with Gasteiger partial charge in [-0.25, -0.2) is 0 Å². The lowest BCUT2D eigenvalue weighted by molar-refractivity contribution is 0.155. The van der Waals surface area contributed by atoms with Crippen molar-refractivity contribution in [2.45, 2.75) is 59.6 Å². The molecule has 0 bridgehead atoms. The molecule has 0 aromatic carbocycles. The van der Waals surface area contributed by atoms with Crippen LogP contribution >= 0.6 is 0 Å². The second kappa shape index (κ2) is 5.61. The van der Waals surface area contributed by atoms with Crippen molar-refractivity contribution in [3.63, 3.8) is 0 Å². The molecular weight excluding hydrogens is 162 g/mol. The fourth-order valence-corrected chi connectivity index (χ4v) is 0.977. The smallest absolute Gasteiger partial charge is 0.0549 e. The first kappa shape index (κ1) is 12.9. The minimum absolute atomic E-state index is 0.139. The number of aliphatic hydroxyl groups excluding tert-OH is 1. The molecule has 0 heterocycles. The lowest BCUT2D eigenvalue weighted by Gasteiger charge is -2.28. The lowest BCUT2D eigenvalue weighted by atomic mass is 9.88. The van der Waals surface area contributed by atoms with E-state index in [1.807, 2.05) is 6.92 Å². The Balaban J connectivity index is 3.54. The number of aliphatic hydroxyl groups is 1. The summed E-state index contributed by atoms with van der Waals surface area (Å²) in [5.41, 5.74) is 0.303. The zero-order valence-corrected chi connectivity index (χ0v) is 9.72. The Morgan fingerprint density at radius 3 is 2.23 bits per heavy atom. The molecule has 2 nitrogen and oxygen atoms in total. The van der Waals surface area contributed by atoms with Gasteiger partial charge in [0.25, 0.3) is 0 Å². The minimum atomic E-state index is -0.139. The highest BCUT2D eigenvalue weighted by atomic mass is 16.3. The third-order valence-electron chi connectivity index (χ3n) is 2.70. The van der Waals surface area contributed by atoms with E-state index in [9.17, 15) is 5.11 Å². The van der Waals surface area contributed by atoms with E-state index < -0.39 is 0 Å². The minimum Gasteiger partial charge on any atom is -0.393 e. The first-order valence-electron chi connectivity index (χ1n) is 5.29. The van der Waals surface area contributed by atoms with Gasteiger partial charge >= 0.3 is 0 Å². The van der Waals surface area contributed by atoms with Crippen molar-refractivity contribution in [2.75, 3.05) is 6.54 Å². The van der Waals surface area contributed by atoms with Gasteiger partial charge in [0.2, 0.25) is 0 Å². The maximum atomic E-state index is 9.33. The van der Waals surface area contributed by atoms with E-state index in [1.165, 1.54) is 0 Å². The van der Waals surface area contributed by atoms with E-state index in [4.69, 9.17) is 0 Å². The van der Waals surface area contributed by atoms with Crippen LogP contribution in [0.1, 0.15) is 47.5 Å². The van der Waals surface area contributed by atoms with E-state index in [0.717, 1.165) is 19.4 Å². The molecule has 2 atom stereocenters. The maximum Gasteiger partial charge on any atom is 0.0549 e. The molecule has 0 saturated heterocycles. The number of rotatable bonds is 5. The standard InChI is InChI=1S/C11H25NO/c1-6-10(13)7-8-12-9(2)11(3,4)5/h9-10,12-13H,6-8H2,1-5H3. The first-order chi connectivity index (χ1) is 5.88. The van der Waals surface area contributed by atoms with Crippen LogP contribution < -0.4 is 5.32 Å². The molecule has 80 valence electrons. The number of hydrogen-bond donors (Lipinski definition) is 2. The molecule has 0 aliphatic rings. The van der Waals surface area contributed by atoms with Crippen molar-refractivity contribution in [1.82, 2.24) is 5.32 Å². The Morgan fingerprint density at radius 1 is 1.31 bits per heavy atom. The molecule has 2 unspecified atom stereocenters. The van der Waals surface area contributed by atoms with Gasteiger partial charge in [-0.15, -0.1) is 0 Å². The van der Waals surface area contributed by atoms with E-state index in [-0.39, 0.29) is 6.10 Å². The largest absolute Gasteiger partial charge is 0.393 e. The predicted octanol–water partition coefficient (Wildman–Crippen LogP) is 2.17. The molecule has 0 fully saturated rings. The Kier molecular flexibility index (Phi) is 5.57. The molecule has 0 aliphatic carbocycles. The molecule has 2 heteroatoms. The van der Waals surface area contributed by atoms with Crippen LogP contribution in [-0.4, -0.2) is 23.8 Å². The summed E-state index contributed by atoms with van der Waals surface area (Å²) in [6, 6.07) is 0.497. The van der Waals surface area contributed by atoms with Crippen LogP contribution in [0.4, 0.5) is 0 Å². The fourth-order valence-electron chi connectivity index (χ4n) is 0.977. The van der Waals surface area contributed by atoms with E-state index >= 15 is 0 Å². The van der Waals surface area contributed by atoms with Crippen molar-refractivity contribution in [3.8, 4) is 0 Å². The molecule has 0 aliphatic heterocycles. The highest BCUT2D eigenvalue weighted by molar-refractivity contribution is 4.76. The number of hydrogen-bond acceptors (Lipinski definition) is 2. The summed E-state index contributed by atoms with van der Waals surface area (Å²) >= 11 is 0. The molecule has 0 amide bonds. The molecule has 0 saturated carbocycles. The van der Waals surface area contributed by atoms with Gasteiger partial charge in [0.05, 0.1) is 6.10 Å². The molecule has 2 N–H and O–H groups in total. The monoisotopic (exact) mass is 187 g/mol. The van der Waals surface area contributed by atoms with Crippen LogP contribution in [0.15, 0.2) is 0 Å². The van der Waals surface area contributed by atoms with Crippen LogP contribution in [0, 0.1) is 5.41 Å². The molecular formula is C11H25NO. The summed E-state index contributed by atoms with van der Waals surface area (Å²) in [5, 5.41) is 12.8. The van der Waals surface area contributed by atoms with Gasteiger partial charge in [-0.3, -0.25) is 0 Å². The van der Waals surface area contributed by atoms with Crippen molar-refractivity contribution in [1.29, 1.82) is 0 Å². The van der Waals surface area contributed by atoms with Crippen LogP contribution in [0.3, 0.4) is 0 Å². The van der Waals surface area contributed by atoms with Crippen molar-refractivity contribution in [3.05, 3.63) is 0 Å². The van der Waals surface area contributed by atoms with Crippen molar-refractivity contribution in [2.24, 2.45) is 5.41 Å². The highest BCUT2D eigenvalue weighted by Crippen LogP contribution is 2.18. The molecule has 0 radical (unpaired) electrons. The van der Waals surface area contributed by atoms with Gasteiger partial charge in [-0.2, -0.15) is 0 Å². The molecule has 13 heavy (non-hydrogen) atoms. The summed E-state index contributed by atoms with van der Waals surface area (Å²) in [4.78, 5) is 0. The summed E-state index contributed by atoms with van der Waals surface area (Å²) in [6.45, 7) is 11.8. The third-order valence-corrected chi connectivity index (χ3v) is 2.70.